The highest BCUT2D eigenvalue weighted by Crippen LogP contribution is 2.29. The highest BCUT2D eigenvalue weighted by Gasteiger charge is 2.41. The zero-order valence-corrected chi connectivity index (χ0v) is 9.90. The van der Waals surface area contributed by atoms with E-state index in [1.165, 1.54) is 0 Å². The molecule has 0 saturated carbocycles. The quantitative estimate of drug-likeness (QED) is 0.700. The van der Waals surface area contributed by atoms with Crippen LogP contribution in [0, 0.1) is 0 Å². The van der Waals surface area contributed by atoms with Gasteiger partial charge in [0.1, 0.15) is 0 Å². The minimum absolute atomic E-state index is 0.0696. The van der Waals surface area contributed by atoms with Crippen molar-refractivity contribution < 1.29 is 15.3 Å². The van der Waals surface area contributed by atoms with Gasteiger partial charge in [-0.25, -0.2) is 0 Å². The van der Waals surface area contributed by atoms with Crippen molar-refractivity contribution in [2.75, 3.05) is 13.2 Å². The maximum atomic E-state index is 9.77. The van der Waals surface area contributed by atoms with Crippen molar-refractivity contribution in [2.45, 2.75) is 31.2 Å². The van der Waals surface area contributed by atoms with Gasteiger partial charge in [-0.05, 0) is 12.5 Å². The Hall–Kier alpha value is -0.940. The standard InChI is InChI=1S/C13H19NO3/c1-9(10-5-3-2-4-6-10)14-7-12(16)13(17)11(14)8-15/h2-6,9,11-13,15-17H,7-8H2,1H3/t9-,11+,12-,13+/m1/s1. The molecule has 0 unspecified atom stereocenters. The van der Waals surface area contributed by atoms with Crippen molar-refractivity contribution in [3.63, 3.8) is 0 Å². The summed E-state index contributed by atoms with van der Waals surface area (Å²) in [6.45, 7) is 2.26. The van der Waals surface area contributed by atoms with E-state index in [0.717, 1.165) is 5.56 Å². The fourth-order valence-electron chi connectivity index (χ4n) is 2.49. The summed E-state index contributed by atoms with van der Waals surface area (Å²) in [7, 11) is 0. The Bertz CT molecular complexity index is 357. The number of hydrogen-bond donors (Lipinski definition) is 3. The maximum absolute atomic E-state index is 9.77. The van der Waals surface area contributed by atoms with Gasteiger partial charge in [-0.15, -0.1) is 0 Å². The van der Waals surface area contributed by atoms with E-state index in [1.54, 1.807) is 0 Å². The van der Waals surface area contributed by atoms with Gasteiger partial charge in [0, 0.05) is 12.6 Å². The van der Waals surface area contributed by atoms with E-state index < -0.39 is 12.2 Å². The summed E-state index contributed by atoms with van der Waals surface area (Å²) in [5.74, 6) is 0. The molecule has 1 aromatic carbocycles. The Morgan fingerprint density at radius 3 is 2.53 bits per heavy atom. The fraction of sp³-hybridized carbons (Fsp3) is 0.538. The summed E-state index contributed by atoms with van der Waals surface area (Å²) in [6.07, 6.45) is -1.65. The molecule has 1 aromatic rings. The number of likely N-dealkylation sites (tertiary alicyclic amines) is 1. The minimum atomic E-state index is -0.869. The highest BCUT2D eigenvalue weighted by molar-refractivity contribution is 5.19. The third kappa shape index (κ3) is 2.35. The summed E-state index contributed by atoms with van der Waals surface area (Å²) in [5, 5.41) is 28.7. The Morgan fingerprint density at radius 2 is 1.94 bits per heavy atom. The predicted molar refractivity (Wildman–Crippen MR) is 64.5 cm³/mol. The van der Waals surface area contributed by atoms with Crippen molar-refractivity contribution in [1.82, 2.24) is 4.90 Å². The second-order valence-corrected chi connectivity index (χ2v) is 4.59. The monoisotopic (exact) mass is 237 g/mol. The van der Waals surface area contributed by atoms with E-state index in [1.807, 2.05) is 42.2 Å². The first-order chi connectivity index (χ1) is 8.15. The van der Waals surface area contributed by atoms with E-state index in [-0.39, 0.29) is 18.7 Å². The van der Waals surface area contributed by atoms with Gasteiger partial charge in [-0.3, -0.25) is 4.90 Å². The van der Waals surface area contributed by atoms with Crippen molar-refractivity contribution in [1.29, 1.82) is 0 Å². The van der Waals surface area contributed by atoms with E-state index in [9.17, 15) is 15.3 Å². The average Bonchev–Trinajstić information content (AvgIpc) is 2.65. The molecular formula is C13H19NO3. The smallest absolute Gasteiger partial charge is 0.0988 e. The van der Waals surface area contributed by atoms with Crippen LogP contribution in [-0.4, -0.2) is 51.6 Å². The zero-order chi connectivity index (χ0) is 12.4. The molecule has 1 fully saturated rings. The molecule has 2 rings (SSSR count). The summed E-state index contributed by atoms with van der Waals surface area (Å²) in [5.41, 5.74) is 1.12. The largest absolute Gasteiger partial charge is 0.395 e. The molecule has 3 N–H and O–H groups in total. The Labute approximate surface area is 101 Å². The molecule has 4 nitrogen and oxygen atoms in total. The van der Waals surface area contributed by atoms with Crippen LogP contribution in [0.3, 0.4) is 0 Å². The van der Waals surface area contributed by atoms with Gasteiger partial charge in [-0.2, -0.15) is 0 Å². The molecule has 0 spiro atoms. The molecular weight excluding hydrogens is 218 g/mol. The molecule has 94 valence electrons. The molecule has 0 aliphatic carbocycles. The lowest BCUT2D eigenvalue weighted by molar-refractivity contribution is 0.0178. The molecule has 0 amide bonds. The molecule has 4 atom stereocenters. The predicted octanol–water partition coefficient (Wildman–Crippen LogP) is 0.146. The topological polar surface area (TPSA) is 63.9 Å². The molecule has 0 aromatic heterocycles. The van der Waals surface area contributed by atoms with Gasteiger partial charge in [0.25, 0.3) is 0 Å². The highest BCUT2D eigenvalue weighted by atomic mass is 16.3. The van der Waals surface area contributed by atoms with E-state index >= 15 is 0 Å². The summed E-state index contributed by atoms with van der Waals surface area (Å²) in [6, 6.07) is 9.57. The minimum Gasteiger partial charge on any atom is -0.395 e. The second-order valence-electron chi connectivity index (χ2n) is 4.59. The molecule has 1 heterocycles. The molecule has 0 bridgehead atoms. The zero-order valence-electron chi connectivity index (χ0n) is 9.90. The van der Waals surface area contributed by atoms with Crippen LogP contribution in [0.4, 0.5) is 0 Å². The molecule has 1 aliphatic heterocycles. The first-order valence-corrected chi connectivity index (χ1v) is 5.93. The second kappa shape index (κ2) is 5.14. The van der Waals surface area contributed by atoms with Crippen molar-refractivity contribution >= 4 is 0 Å². The maximum Gasteiger partial charge on any atom is 0.0988 e. The van der Waals surface area contributed by atoms with Gasteiger partial charge < -0.3 is 15.3 Å². The van der Waals surface area contributed by atoms with Crippen molar-refractivity contribution in [3.8, 4) is 0 Å². The lowest BCUT2D eigenvalue weighted by atomic mass is 10.1. The summed E-state index contributed by atoms with van der Waals surface area (Å²) in [4.78, 5) is 1.95. The van der Waals surface area contributed by atoms with Crippen molar-refractivity contribution in [3.05, 3.63) is 35.9 Å². The number of aliphatic hydroxyl groups excluding tert-OH is 3. The Morgan fingerprint density at radius 1 is 1.29 bits per heavy atom. The van der Waals surface area contributed by atoms with Gasteiger partial charge in [0.15, 0.2) is 0 Å². The van der Waals surface area contributed by atoms with Crippen LogP contribution in [0.15, 0.2) is 30.3 Å². The third-order valence-corrected chi connectivity index (χ3v) is 3.58. The van der Waals surface area contributed by atoms with Crippen LogP contribution < -0.4 is 0 Å². The van der Waals surface area contributed by atoms with Crippen molar-refractivity contribution in [2.24, 2.45) is 0 Å². The number of aliphatic hydroxyl groups is 3. The number of nitrogens with zero attached hydrogens (tertiary/aromatic N) is 1. The van der Waals surface area contributed by atoms with E-state index in [4.69, 9.17) is 0 Å². The summed E-state index contributed by atoms with van der Waals surface area (Å²) >= 11 is 0. The van der Waals surface area contributed by atoms with E-state index in [2.05, 4.69) is 0 Å². The van der Waals surface area contributed by atoms with Gasteiger partial charge in [0.05, 0.1) is 24.9 Å². The first-order valence-electron chi connectivity index (χ1n) is 5.93. The number of hydrogen-bond acceptors (Lipinski definition) is 4. The van der Waals surface area contributed by atoms with Crippen LogP contribution in [0.5, 0.6) is 0 Å². The first kappa shape index (κ1) is 12.5. The van der Waals surface area contributed by atoms with E-state index in [0.29, 0.717) is 6.54 Å². The van der Waals surface area contributed by atoms with Gasteiger partial charge >= 0.3 is 0 Å². The van der Waals surface area contributed by atoms with Crippen LogP contribution in [0.1, 0.15) is 18.5 Å². The normalized spacial score (nSPS) is 31.6. The van der Waals surface area contributed by atoms with Crippen LogP contribution >= 0.6 is 0 Å². The summed E-state index contributed by atoms with van der Waals surface area (Å²) < 4.78 is 0. The lowest BCUT2D eigenvalue weighted by Crippen LogP contribution is -2.40. The number of rotatable bonds is 3. The lowest BCUT2D eigenvalue weighted by Gasteiger charge is -2.30. The Balaban J connectivity index is 2.17. The van der Waals surface area contributed by atoms with Crippen LogP contribution in [0.2, 0.25) is 0 Å². The fourth-order valence-corrected chi connectivity index (χ4v) is 2.49. The molecule has 1 aliphatic rings. The SMILES string of the molecule is C[C@H](c1ccccc1)N1C[C@@H](O)[C@@H](O)[C@@H]1CO. The van der Waals surface area contributed by atoms with Gasteiger partial charge in [0.2, 0.25) is 0 Å². The molecule has 1 saturated heterocycles. The number of benzene rings is 1. The van der Waals surface area contributed by atoms with Gasteiger partial charge in [-0.1, -0.05) is 30.3 Å². The third-order valence-electron chi connectivity index (χ3n) is 3.58. The molecule has 0 radical (unpaired) electrons. The molecule has 4 heteroatoms. The van der Waals surface area contributed by atoms with Crippen LogP contribution in [-0.2, 0) is 0 Å². The average molecular weight is 237 g/mol. The Kier molecular flexibility index (Phi) is 3.79. The number of β-amino-alcohol motifs (C(OH)–C–C–N with tert-alkyl or cyclic N) is 1. The van der Waals surface area contributed by atoms with Crippen LogP contribution in [0.25, 0.3) is 0 Å². The molecule has 17 heavy (non-hydrogen) atoms.